The van der Waals surface area contributed by atoms with Crippen LogP contribution in [0.5, 0.6) is 5.75 Å². The van der Waals surface area contributed by atoms with Crippen LogP contribution in [-0.2, 0) is 9.59 Å². The normalized spacial score (nSPS) is 24.3. The van der Waals surface area contributed by atoms with Gasteiger partial charge in [0.05, 0.1) is 36.9 Å². The van der Waals surface area contributed by atoms with Crippen LogP contribution in [0.4, 0.5) is 5.69 Å². The summed E-state index contributed by atoms with van der Waals surface area (Å²) in [5.41, 5.74) is 2.56. The van der Waals surface area contributed by atoms with E-state index in [1.165, 1.54) is 4.90 Å². The number of carbonyl (C=O) groups is 3. The van der Waals surface area contributed by atoms with Gasteiger partial charge in [-0.05, 0) is 53.6 Å². The molecule has 3 aromatic rings. The first-order chi connectivity index (χ1) is 17.0. The number of benzene rings is 3. The molecule has 7 nitrogen and oxygen atoms in total. The number of anilines is 1. The van der Waals surface area contributed by atoms with Crippen LogP contribution in [0.1, 0.15) is 27.5 Å². The third-order valence-electron chi connectivity index (χ3n) is 7.00. The zero-order valence-corrected chi connectivity index (χ0v) is 19.4. The summed E-state index contributed by atoms with van der Waals surface area (Å²) >= 11 is 6.16. The molecule has 0 unspecified atom stereocenters. The van der Waals surface area contributed by atoms with Gasteiger partial charge in [-0.15, -0.1) is 0 Å². The number of halogens is 1. The van der Waals surface area contributed by atoms with E-state index in [0.717, 1.165) is 11.1 Å². The maximum atomic E-state index is 13.8. The molecule has 3 aromatic carbocycles. The fourth-order valence-electron chi connectivity index (χ4n) is 5.46. The SMILES string of the molecule is COc1ccc(C(=O)[C@@H]2[C@H]3C(=O)N(c4cccc(Cl)c4)C(=O)[C@@H]3[C@H]3c4ccccc4C=NN23)cc1. The summed E-state index contributed by atoms with van der Waals surface area (Å²) in [6.07, 6.45) is 1.69. The van der Waals surface area contributed by atoms with Gasteiger partial charge in [-0.1, -0.05) is 41.9 Å². The number of imide groups is 1. The molecular formula is C27H20ClN3O4. The lowest BCUT2D eigenvalue weighted by atomic mass is 9.83. The highest BCUT2D eigenvalue weighted by molar-refractivity contribution is 6.31. The van der Waals surface area contributed by atoms with Crippen molar-refractivity contribution in [1.29, 1.82) is 0 Å². The van der Waals surface area contributed by atoms with Gasteiger partial charge < -0.3 is 4.74 Å². The Bertz CT molecular complexity index is 1400. The Hall–Kier alpha value is -3.97. The molecule has 0 aliphatic carbocycles. The van der Waals surface area contributed by atoms with Crippen molar-refractivity contribution in [3.63, 3.8) is 0 Å². The highest BCUT2D eigenvalue weighted by Gasteiger charge is 2.65. The number of rotatable bonds is 4. The number of ketones is 1. The van der Waals surface area contributed by atoms with Crippen molar-refractivity contribution >= 4 is 41.1 Å². The minimum Gasteiger partial charge on any atom is -0.497 e. The van der Waals surface area contributed by atoms with Gasteiger partial charge in [0.2, 0.25) is 11.8 Å². The highest BCUT2D eigenvalue weighted by atomic mass is 35.5. The Morgan fingerprint density at radius 3 is 2.43 bits per heavy atom. The molecule has 0 aromatic heterocycles. The molecule has 35 heavy (non-hydrogen) atoms. The van der Waals surface area contributed by atoms with Crippen molar-refractivity contribution in [3.05, 3.63) is 94.5 Å². The molecule has 3 aliphatic heterocycles. The second-order valence-corrected chi connectivity index (χ2v) is 9.22. The molecule has 3 heterocycles. The van der Waals surface area contributed by atoms with Gasteiger partial charge in [-0.25, -0.2) is 4.90 Å². The van der Waals surface area contributed by atoms with Crippen LogP contribution in [0.2, 0.25) is 5.02 Å². The molecular weight excluding hydrogens is 466 g/mol. The zero-order chi connectivity index (χ0) is 24.3. The Balaban J connectivity index is 1.48. The van der Waals surface area contributed by atoms with Gasteiger partial charge in [0, 0.05) is 10.6 Å². The monoisotopic (exact) mass is 485 g/mol. The molecule has 0 saturated carbocycles. The quantitative estimate of drug-likeness (QED) is 0.410. The average Bonchev–Trinajstić information content (AvgIpc) is 3.36. The standard InChI is InChI=1S/C27H20ClN3O4/c1-35-19-11-9-15(10-12-19)25(32)24-22-21(23-20-8-3-2-5-16(20)14-29-31(23)24)26(33)30(27(22)34)18-7-4-6-17(28)13-18/h2-14,21-24H,1H3/t21-,22-,23+,24-/m0/s1. The Morgan fingerprint density at radius 2 is 1.69 bits per heavy atom. The number of nitrogens with zero attached hydrogens (tertiary/aromatic N) is 3. The Kier molecular flexibility index (Phi) is 4.96. The molecule has 6 rings (SSSR count). The van der Waals surface area contributed by atoms with Gasteiger partial charge in [0.25, 0.3) is 0 Å². The number of fused-ring (bicyclic) bond motifs is 5. The fourth-order valence-corrected chi connectivity index (χ4v) is 5.65. The number of amides is 2. The summed E-state index contributed by atoms with van der Waals surface area (Å²) in [5.74, 6) is -2.06. The minimum absolute atomic E-state index is 0.268. The molecule has 2 fully saturated rings. The summed E-state index contributed by atoms with van der Waals surface area (Å²) in [6.45, 7) is 0. The predicted molar refractivity (Wildman–Crippen MR) is 131 cm³/mol. The van der Waals surface area contributed by atoms with E-state index in [2.05, 4.69) is 5.10 Å². The van der Waals surface area contributed by atoms with E-state index < -0.39 is 29.8 Å². The number of ether oxygens (including phenoxy) is 1. The average molecular weight is 486 g/mol. The zero-order valence-electron chi connectivity index (χ0n) is 18.7. The van der Waals surface area contributed by atoms with E-state index in [-0.39, 0.29) is 11.7 Å². The molecule has 0 bridgehead atoms. The Morgan fingerprint density at radius 1 is 0.943 bits per heavy atom. The van der Waals surface area contributed by atoms with Crippen LogP contribution in [0.3, 0.4) is 0 Å². The molecule has 0 N–H and O–H groups in total. The second kappa shape index (κ2) is 8.06. The maximum absolute atomic E-state index is 13.8. The van der Waals surface area contributed by atoms with Crippen LogP contribution in [0.15, 0.2) is 77.9 Å². The van der Waals surface area contributed by atoms with Crippen molar-refractivity contribution in [2.45, 2.75) is 12.1 Å². The minimum atomic E-state index is -0.927. The lowest BCUT2D eigenvalue weighted by Gasteiger charge is -2.33. The van der Waals surface area contributed by atoms with Crippen LogP contribution in [0.25, 0.3) is 0 Å². The summed E-state index contributed by atoms with van der Waals surface area (Å²) in [6, 6.07) is 19.5. The first-order valence-corrected chi connectivity index (χ1v) is 11.6. The van der Waals surface area contributed by atoms with Gasteiger partial charge in [0.15, 0.2) is 5.78 Å². The summed E-state index contributed by atoms with van der Waals surface area (Å²) in [5, 5.41) is 6.64. The third-order valence-corrected chi connectivity index (χ3v) is 7.24. The molecule has 3 aliphatic rings. The Labute approximate surface area is 206 Å². The summed E-state index contributed by atoms with van der Waals surface area (Å²) in [4.78, 5) is 42.7. The van der Waals surface area contributed by atoms with E-state index in [0.29, 0.717) is 22.0 Å². The molecule has 2 saturated heterocycles. The van der Waals surface area contributed by atoms with E-state index in [1.54, 1.807) is 66.9 Å². The van der Waals surface area contributed by atoms with Crippen LogP contribution >= 0.6 is 11.6 Å². The fraction of sp³-hybridized carbons (Fsp3) is 0.185. The summed E-state index contributed by atoms with van der Waals surface area (Å²) < 4.78 is 5.21. The van der Waals surface area contributed by atoms with Gasteiger partial charge >= 0.3 is 0 Å². The lowest BCUT2D eigenvalue weighted by molar-refractivity contribution is -0.124. The third kappa shape index (κ3) is 3.19. The van der Waals surface area contributed by atoms with E-state index in [1.807, 2.05) is 24.3 Å². The summed E-state index contributed by atoms with van der Waals surface area (Å²) in [7, 11) is 1.55. The number of Topliss-reactive ketones (excluding diaryl/α,β-unsaturated/α-hetero) is 1. The van der Waals surface area contributed by atoms with Gasteiger partial charge in [0.1, 0.15) is 11.8 Å². The number of methoxy groups -OCH3 is 1. The van der Waals surface area contributed by atoms with Gasteiger partial charge in [-0.3, -0.25) is 19.4 Å². The number of carbonyl (C=O) groups excluding carboxylic acids is 3. The highest BCUT2D eigenvalue weighted by Crippen LogP contribution is 2.53. The van der Waals surface area contributed by atoms with Crippen molar-refractivity contribution in [2.24, 2.45) is 16.9 Å². The van der Waals surface area contributed by atoms with Crippen molar-refractivity contribution in [2.75, 3.05) is 12.0 Å². The topological polar surface area (TPSA) is 79.3 Å². The molecule has 4 atom stereocenters. The van der Waals surface area contributed by atoms with E-state index >= 15 is 0 Å². The molecule has 0 spiro atoms. The van der Waals surface area contributed by atoms with Gasteiger partial charge in [-0.2, -0.15) is 5.10 Å². The van der Waals surface area contributed by atoms with Crippen molar-refractivity contribution in [3.8, 4) is 5.75 Å². The first-order valence-electron chi connectivity index (χ1n) is 11.2. The van der Waals surface area contributed by atoms with E-state index in [9.17, 15) is 14.4 Å². The number of hydrogen-bond acceptors (Lipinski definition) is 6. The molecule has 0 radical (unpaired) electrons. The van der Waals surface area contributed by atoms with E-state index in [4.69, 9.17) is 16.3 Å². The maximum Gasteiger partial charge on any atom is 0.240 e. The lowest BCUT2D eigenvalue weighted by Crippen LogP contribution is -2.44. The van der Waals surface area contributed by atoms with Crippen LogP contribution in [0, 0.1) is 11.8 Å². The van der Waals surface area contributed by atoms with Crippen LogP contribution < -0.4 is 9.64 Å². The second-order valence-electron chi connectivity index (χ2n) is 8.78. The first kappa shape index (κ1) is 21.6. The van der Waals surface area contributed by atoms with Crippen molar-refractivity contribution < 1.29 is 19.1 Å². The molecule has 8 heteroatoms. The molecule has 174 valence electrons. The van der Waals surface area contributed by atoms with Crippen molar-refractivity contribution in [1.82, 2.24) is 5.01 Å². The largest absolute Gasteiger partial charge is 0.497 e. The van der Waals surface area contributed by atoms with Crippen LogP contribution in [-0.4, -0.2) is 42.0 Å². The number of hydrazone groups is 1. The predicted octanol–water partition coefficient (Wildman–Crippen LogP) is 4.11. The smallest absolute Gasteiger partial charge is 0.240 e. The molecule has 2 amide bonds. The number of hydrogen-bond donors (Lipinski definition) is 0.